The summed E-state index contributed by atoms with van der Waals surface area (Å²) in [5.41, 5.74) is -0.110. The lowest BCUT2D eigenvalue weighted by Crippen LogP contribution is -2.15. The van der Waals surface area contributed by atoms with Gasteiger partial charge in [0.2, 0.25) is 0 Å². The van der Waals surface area contributed by atoms with E-state index in [1.54, 1.807) is 12.1 Å². The van der Waals surface area contributed by atoms with Crippen molar-refractivity contribution in [3.63, 3.8) is 0 Å². The van der Waals surface area contributed by atoms with E-state index in [0.29, 0.717) is 11.9 Å². The summed E-state index contributed by atoms with van der Waals surface area (Å²) in [6.45, 7) is 0.304. The van der Waals surface area contributed by atoms with Gasteiger partial charge in [0.1, 0.15) is 0 Å². The van der Waals surface area contributed by atoms with Gasteiger partial charge >= 0.3 is 0 Å². The lowest BCUT2D eigenvalue weighted by atomic mass is 10.3. The van der Waals surface area contributed by atoms with Crippen molar-refractivity contribution in [1.29, 1.82) is 0 Å². The maximum absolute atomic E-state index is 11.8. The van der Waals surface area contributed by atoms with Crippen LogP contribution in [-0.4, -0.2) is 22.7 Å². The van der Waals surface area contributed by atoms with Crippen LogP contribution < -0.4 is 5.56 Å². The van der Waals surface area contributed by atoms with Gasteiger partial charge in [0.25, 0.3) is 15.7 Å². The first-order valence-corrected chi connectivity index (χ1v) is 7.40. The molecule has 0 saturated carbocycles. The Morgan fingerprint density at radius 2 is 2.00 bits per heavy atom. The Labute approximate surface area is 102 Å². The Morgan fingerprint density at radius 3 is 2.65 bits per heavy atom. The normalized spacial score (nSPS) is 12.1. The largest absolute Gasteiger partial charge is 0.286 e. The van der Waals surface area contributed by atoms with Crippen molar-refractivity contribution in [1.82, 2.24) is 3.96 Å². The van der Waals surface area contributed by atoms with Gasteiger partial charge in [0, 0.05) is 6.54 Å². The number of hydrogen-bond donors (Lipinski definition) is 1. The molecule has 0 atom stereocenters. The van der Waals surface area contributed by atoms with Crippen LogP contribution in [0.2, 0.25) is 0 Å². The number of aryl methyl sites for hydroxylation is 1. The van der Waals surface area contributed by atoms with Gasteiger partial charge in [-0.1, -0.05) is 23.7 Å². The number of aromatic nitrogens is 1. The van der Waals surface area contributed by atoms with Gasteiger partial charge in [-0.25, -0.2) is 0 Å². The number of fused-ring (bicyclic) bond motifs is 1. The molecule has 0 aliphatic heterocycles. The first-order chi connectivity index (χ1) is 7.97. The molecule has 92 valence electrons. The first kappa shape index (κ1) is 12.3. The standard InChI is InChI=1S/C10H11NO4S2/c12-10-8-4-1-2-5-9(8)16-11(10)6-3-7-17(13,14)15/h1-2,4-5H,3,6-7H2,(H,13,14,15). The molecule has 0 unspecified atom stereocenters. The van der Waals surface area contributed by atoms with E-state index in [2.05, 4.69) is 0 Å². The van der Waals surface area contributed by atoms with Crippen molar-refractivity contribution >= 4 is 31.7 Å². The lowest BCUT2D eigenvalue weighted by molar-refractivity contribution is 0.479. The lowest BCUT2D eigenvalue weighted by Gasteiger charge is -1.98. The predicted molar refractivity (Wildman–Crippen MR) is 67.1 cm³/mol. The molecule has 1 aromatic heterocycles. The fourth-order valence-corrected chi connectivity index (χ4v) is 3.08. The third kappa shape index (κ3) is 2.93. The summed E-state index contributed by atoms with van der Waals surface area (Å²) >= 11 is 1.30. The average molecular weight is 273 g/mol. The molecule has 1 aromatic carbocycles. The quantitative estimate of drug-likeness (QED) is 0.853. The summed E-state index contributed by atoms with van der Waals surface area (Å²) in [6.07, 6.45) is 0.228. The zero-order valence-corrected chi connectivity index (χ0v) is 10.5. The minimum Gasteiger partial charge on any atom is -0.286 e. The van der Waals surface area contributed by atoms with E-state index in [4.69, 9.17) is 4.55 Å². The van der Waals surface area contributed by atoms with Crippen molar-refractivity contribution in [2.45, 2.75) is 13.0 Å². The van der Waals surface area contributed by atoms with E-state index in [1.165, 1.54) is 15.5 Å². The molecule has 1 heterocycles. The van der Waals surface area contributed by atoms with Gasteiger partial charge in [-0.05, 0) is 18.6 Å². The Bertz CT molecular complexity index is 684. The second-order valence-corrected chi connectivity index (χ2v) is 6.27. The van der Waals surface area contributed by atoms with Crippen LogP contribution in [0, 0.1) is 0 Å². The zero-order chi connectivity index (χ0) is 12.5. The van der Waals surface area contributed by atoms with Gasteiger partial charge in [0.05, 0.1) is 15.8 Å². The van der Waals surface area contributed by atoms with Gasteiger partial charge in [-0.2, -0.15) is 8.42 Å². The minimum absolute atomic E-state index is 0.110. The van der Waals surface area contributed by atoms with Gasteiger partial charge < -0.3 is 0 Å². The first-order valence-electron chi connectivity index (χ1n) is 5.01. The van der Waals surface area contributed by atoms with Crippen LogP contribution in [0.15, 0.2) is 29.1 Å². The van der Waals surface area contributed by atoms with E-state index in [1.807, 2.05) is 12.1 Å². The molecule has 0 aliphatic carbocycles. The van der Waals surface area contributed by atoms with E-state index in [0.717, 1.165) is 4.70 Å². The highest BCUT2D eigenvalue weighted by Gasteiger charge is 2.08. The third-order valence-corrected chi connectivity index (χ3v) is 4.24. The summed E-state index contributed by atoms with van der Waals surface area (Å²) in [7, 11) is -3.95. The Balaban J connectivity index is 2.20. The van der Waals surface area contributed by atoms with Gasteiger partial charge in [-0.3, -0.25) is 13.3 Å². The number of hydrogen-bond acceptors (Lipinski definition) is 4. The van der Waals surface area contributed by atoms with Crippen LogP contribution in [-0.2, 0) is 16.7 Å². The summed E-state index contributed by atoms with van der Waals surface area (Å²) in [5.74, 6) is -0.326. The fraction of sp³-hybridized carbons (Fsp3) is 0.300. The molecule has 0 bridgehead atoms. The predicted octanol–water partition coefficient (Wildman–Crippen LogP) is 1.34. The second-order valence-electron chi connectivity index (χ2n) is 3.63. The molecule has 2 aromatic rings. The van der Waals surface area contributed by atoms with E-state index in [-0.39, 0.29) is 17.7 Å². The number of benzene rings is 1. The highest BCUT2D eigenvalue weighted by molar-refractivity contribution is 7.85. The molecule has 0 radical (unpaired) electrons. The fourth-order valence-electron chi connectivity index (χ4n) is 1.56. The monoisotopic (exact) mass is 273 g/mol. The number of rotatable bonds is 4. The van der Waals surface area contributed by atoms with E-state index < -0.39 is 10.1 Å². The molecule has 17 heavy (non-hydrogen) atoms. The molecule has 0 spiro atoms. The Hall–Kier alpha value is -1.18. The smallest absolute Gasteiger partial charge is 0.268 e. The molecule has 7 heteroatoms. The molecule has 0 aliphatic rings. The molecular weight excluding hydrogens is 262 g/mol. The molecule has 0 saturated heterocycles. The highest BCUT2D eigenvalue weighted by atomic mass is 32.2. The van der Waals surface area contributed by atoms with Crippen LogP contribution >= 0.6 is 11.5 Å². The maximum atomic E-state index is 11.8. The Morgan fingerprint density at radius 1 is 1.29 bits per heavy atom. The van der Waals surface area contributed by atoms with E-state index in [9.17, 15) is 13.2 Å². The zero-order valence-electron chi connectivity index (χ0n) is 8.87. The van der Waals surface area contributed by atoms with E-state index >= 15 is 0 Å². The third-order valence-electron chi connectivity index (χ3n) is 2.32. The Kier molecular flexibility index (Phi) is 3.32. The maximum Gasteiger partial charge on any atom is 0.268 e. The molecule has 0 amide bonds. The average Bonchev–Trinajstić information content (AvgIpc) is 2.55. The molecular formula is C10H11NO4S2. The van der Waals surface area contributed by atoms with Crippen molar-refractivity contribution in [2.24, 2.45) is 0 Å². The van der Waals surface area contributed by atoms with Crippen LogP contribution in [0.3, 0.4) is 0 Å². The van der Waals surface area contributed by atoms with Crippen molar-refractivity contribution in [3.8, 4) is 0 Å². The summed E-state index contributed by atoms with van der Waals surface area (Å²) < 4.78 is 32.1. The van der Waals surface area contributed by atoms with Crippen molar-refractivity contribution in [2.75, 3.05) is 5.75 Å². The molecule has 1 N–H and O–H groups in total. The topological polar surface area (TPSA) is 76.4 Å². The highest BCUT2D eigenvalue weighted by Crippen LogP contribution is 2.15. The minimum atomic E-state index is -3.95. The van der Waals surface area contributed by atoms with Crippen LogP contribution in [0.4, 0.5) is 0 Å². The van der Waals surface area contributed by atoms with Crippen LogP contribution in [0.1, 0.15) is 6.42 Å². The summed E-state index contributed by atoms with van der Waals surface area (Å²) in [6, 6.07) is 7.23. The van der Waals surface area contributed by atoms with Crippen molar-refractivity contribution in [3.05, 3.63) is 34.6 Å². The van der Waals surface area contributed by atoms with Gasteiger partial charge in [0.15, 0.2) is 0 Å². The van der Waals surface area contributed by atoms with Crippen molar-refractivity contribution < 1.29 is 13.0 Å². The summed E-state index contributed by atoms with van der Waals surface area (Å²) in [5, 5.41) is 0.643. The van der Waals surface area contributed by atoms with Crippen LogP contribution in [0.5, 0.6) is 0 Å². The SMILES string of the molecule is O=c1c2ccccc2sn1CCCS(=O)(=O)O. The summed E-state index contributed by atoms with van der Waals surface area (Å²) in [4.78, 5) is 11.8. The van der Waals surface area contributed by atoms with Crippen LogP contribution in [0.25, 0.3) is 10.1 Å². The molecule has 0 fully saturated rings. The molecule has 2 rings (SSSR count). The molecule has 5 nitrogen and oxygen atoms in total. The number of nitrogens with zero attached hydrogens (tertiary/aromatic N) is 1. The van der Waals surface area contributed by atoms with Gasteiger partial charge in [-0.15, -0.1) is 0 Å². The second kappa shape index (κ2) is 4.59.